The molecule has 0 aliphatic rings. The van der Waals surface area contributed by atoms with E-state index in [4.69, 9.17) is 0 Å². The Balaban J connectivity index is 1.28. The van der Waals surface area contributed by atoms with Crippen LogP contribution in [-0.2, 0) is 12.8 Å². The molecular weight excluding hydrogens is 419 g/mol. The van der Waals surface area contributed by atoms with Gasteiger partial charge in [0.25, 0.3) is 0 Å². The molecule has 3 rings (SSSR count). The summed E-state index contributed by atoms with van der Waals surface area (Å²) in [4.78, 5) is 12.2. The van der Waals surface area contributed by atoms with Gasteiger partial charge >= 0.3 is 0 Å². The van der Waals surface area contributed by atoms with E-state index >= 15 is 0 Å². The highest BCUT2D eigenvalue weighted by atomic mass is 19.1. The third-order valence-electron chi connectivity index (χ3n) is 6.16. The van der Waals surface area contributed by atoms with Gasteiger partial charge in [-0.05, 0) is 85.2 Å². The molecule has 0 bridgehead atoms. The zero-order valence-electron chi connectivity index (χ0n) is 20.2. The lowest BCUT2D eigenvalue weighted by Gasteiger charge is -2.05. The Kier molecular flexibility index (Phi) is 10.0. The van der Waals surface area contributed by atoms with Gasteiger partial charge in [0.15, 0.2) is 5.78 Å². The Morgan fingerprint density at radius 2 is 1.18 bits per heavy atom. The van der Waals surface area contributed by atoms with E-state index in [1.54, 1.807) is 6.08 Å². The quantitative estimate of drug-likeness (QED) is 0.143. The van der Waals surface area contributed by atoms with Gasteiger partial charge in [0.05, 0.1) is 0 Å². The van der Waals surface area contributed by atoms with Crippen molar-refractivity contribution in [3.63, 3.8) is 0 Å². The largest absolute Gasteiger partial charge is 0.289 e. The van der Waals surface area contributed by atoms with Crippen molar-refractivity contribution in [1.29, 1.82) is 0 Å². The summed E-state index contributed by atoms with van der Waals surface area (Å²) >= 11 is 0. The fourth-order valence-electron chi connectivity index (χ4n) is 4.00. The highest BCUT2D eigenvalue weighted by Crippen LogP contribution is 2.16. The minimum Gasteiger partial charge on any atom is -0.289 e. The molecule has 2 heteroatoms. The highest BCUT2D eigenvalue weighted by Gasteiger charge is 2.02. The summed E-state index contributed by atoms with van der Waals surface area (Å²) in [6.07, 6.45) is 13.2. The average molecular weight is 455 g/mol. The van der Waals surface area contributed by atoms with Crippen molar-refractivity contribution in [1.82, 2.24) is 0 Å². The topological polar surface area (TPSA) is 17.1 Å². The van der Waals surface area contributed by atoms with E-state index < -0.39 is 0 Å². The number of aryl methyl sites for hydroxylation is 2. The van der Waals surface area contributed by atoms with Crippen LogP contribution in [0.5, 0.6) is 0 Å². The Morgan fingerprint density at radius 1 is 0.706 bits per heavy atom. The number of unbranched alkanes of at least 4 members (excludes halogenated alkanes) is 5. The van der Waals surface area contributed by atoms with Crippen LogP contribution in [0.4, 0.5) is 4.39 Å². The van der Waals surface area contributed by atoms with E-state index in [1.807, 2.05) is 25.1 Å². The predicted octanol–water partition coefficient (Wildman–Crippen LogP) is 8.88. The first kappa shape index (κ1) is 25.4. The molecule has 3 aromatic rings. The minimum atomic E-state index is -0.336. The maximum absolute atomic E-state index is 13.0. The van der Waals surface area contributed by atoms with Gasteiger partial charge in [-0.15, -0.1) is 0 Å². The number of allylic oxidation sites excluding steroid dienone is 2. The van der Waals surface area contributed by atoms with Gasteiger partial charge in [0.1, 0.15) is 5.82 Å². The van der Waals surface area contributed by atoms with Gasteiger partial charge in [0, 0.05) is 5.56 Å². The second-order valence-electron chi connectivity index (χ2n) is 9.04. The Hall–Kier alpha value is -3.26. The molecule has 0 aliphatic heterocycles. The minimum absolute atomic E-state index is 0.121. The second kappa shape index (κ2) is 13.4. The molecule has 0 atom stereocenters. The molecule has 0 spiro atoms. The van der Waals surface area contributed by atoms with Crippen molar-refractivity contribution in [3.05, 3.63) is 119 Å². The normalized spacial score (nSPS) is 11.1. The summed E-state index contributed by atoms with van der Waals surface area (Å²) in [5.74, 6) is -0.457. The fraction of sp³-hybridized carbons (Fsp3) is 0.281. The second-order valence-corrected chi connectivity index (χ2v) is 9.04. The van der Waals surface area contributed by atoms with Gasteiger partial charge in [-0.2, -0.15) is 0 Å². The van der Waals surface area contributed by atoms with Crippen molar-refractivity contribution in [2.24, 2.45) is 0 Å². The standard InChI is InChI=1S/C32H35FO/c1-25(2)29-18-15-27(16-19-29)10-8-6-4-3-5-7-9-26-11-13-28(14-12-26)17-24-32(34)30-20-22-31(33)23-21-30/h11-24H,1,3-10H2,2H3. The van der Waals surface area contributed by atoms with Crippen LogP contribution in [0, 0.1) is 5.82 Å². The summed E-state index contributed by atoms with van der Waals surface area (Å²) in [6, 6.07) is 22.8. The van der Waals surface area contributed by atoms with E-state index in [2.05, 4.69) is 43.0 Å². The van der Waals surface area contributed by atoms with Gasteiger partial charge in [0.2, 0.25) is 0 Å². The molecule has 0 amide bonds. The number of rotatable bonds is 13. The Labute approximate surface area is 204 Å². The number of carbonyl (C=O) groups excluding carboxylic acids is 1. The van der Waals surface area contributed by atoms with Crippen LogP contribution < -0.4 is 0 Å². The molecular formula is C32H35FO. The molecule has 0 fully saturated rings. The summed E-state index contributed by atoms with van der Waals surface area (Å²) in [6.45, 7) is 6.04. The maximum atomic E-state index is 13.0. The molecule has 0 unspecified atom stereocenters. The zero-order chi connectivity index (χ0) is 24.2. The Bertz CT molecular complexity index is 1070. The monoisotopic (exact) mass is 454 g/mol. The van der Waals surface area contributed by atoms with Crippen molar-refractivity contribution >= 4 is 17.4 Å². The van der Waals surface area contributed by atoms with Crippen LogP contribution in [0.1, 0.15) is 78.1 Å². The van der Waals surface area contributed by atoms with Gasteiger partial charge in [-0.25, -0.2) is 4.39 Å². The van der Waals surface area contributed by atoms with Gasteiger partial charge < -0.3 is 0 Å². The molecule has 0 N–H and O–H groups in total. The summed E-state index contributed by atoms with van der Waals surface area (Å²) in [5.41, 5.74) is 6.59. The molecule has 0 aliphatic carbocycles. The molecule has 3 aromatic carbocycles. The van der Waals surface area contributed by atoms with Crippen molar-refractivity contribution < 1.29 is 9.18 Å². The number of hydrogen-bond acceptors (Lipinski definition) is 1. The summed E-state index contributed by atoms with van der Waals surface area (Å²) < 4.78 is 13.0. The van der Waals surface area contributed by atoms with Crippen LogP contribution in [0.15, 0.2) is 85.5 Å². The SMILES string of the molecule is C=C(C)c1ccc(CCCCCCCCc2ccc(C=CC(=O)c3ccc(F)cc3)cc2)cc1. The first-order valence-electron chi connectivity index (χ1n) is 12.3. The lowest BCUT2D eigenvalue weighted by Crippen LogP contribution is -1.93. The smallest absolute Gasteiger partial charge is 0.185 e. The van der Waals surface area contributed by atoms with E-state index in [9.17, 15) is 9.18 Å². The molecule has 1 nitrogen and oxygen atoms in total. The molecule has 0 heterocycles. The lowest BCUT2D eigenvalue weighted by atomic mass is 10.0. The zero-order valence-corrected chi connectivity index (χ0v) is 20.2. The lowest BCUT2D eigenvalue weighted by molar-refractivity contribution is 0.104. The third-order valence-corrected chi connectivity index (χ3v) is 6.16. The molecule has 0 saturated carbocycles. The number of ketones is 1. The van der Waals surface area contributed by atoms with Crippen molar-refractivity contribution in [3.8, 4) is 0 Å². The number of carbonyl (C=O) groups is 1. The van der Waals surface area contributed by atoms with Crippen molar-refractivity contribution in [2.45, 2.75) is 58.3 Å². The first-order chi connectivity index (χ1) is 16.5. The number of halogens is 1. The van der Waals surface area contributed by atoms with E-state index in [0.29, 0.717) is 5.56 Å². The molecule has 0 radical (unpaired) electrons. The van der Waals surface area contributed by atoms with Gasteiger partial charge in [-0.1, -0.05) is 92.4 Å². The molecule has 0 aromatic heterocycles. The van der Waals surface area contributed by atoms with E-state index in [-0.39, 0.29) is 11.6 Å². The van der Waals surface area contributed by atoms with Crippen LogP contribution in [0.3, 0.4) is 0 Å². The summed E-state index contributed by atoms with van der Waals surface area (Å²) in [7, 11) is 0. The van der Waals surface area contributed by atoms with Crippen LogP contribution in [0.25, 0.3) is 11.6 Å². The number of hydrogen-bond donors (Lipinski definition) is 0. The average Bonchev–Trinajstić information content (AvgIpc) is 2.85. The number of benzene rings is 3. The van der Waals surface area contributed by atoms with E-state index in [1.165, 1.54) is 79.5 Å². The summed E-state index contributed by atoms with van der Waals surface area (Å²) in [5, 5.41) is 0. The highest BCUT2D eigenvalue weighted by molar-refractivity contribution is 6.06. The first-order valence-corrected chi connectivity index (χ1v) is 12.3. The molecule has 34 heavy (non-hydrogen) atoms. The fourth-order valence-corrected chi connectivity index (χ4v) is 4.00. The van der Waals surface area contributed by atoms with Crippen LogP contribution in [0.2, 0.25) is 0 Å². The Morgan fingerprint density at radius 3 is 1.71 bits per heavy atom. The third kappa shape index (κ3) is 8.59. The maximum Gasteiger partial charge on any atom is 0.185 e. The van der Waals surface area contributed by atoms with E-state index in [0.717, 1.165) is 24.0 Å². The molecule has 176 valence electrons. The van der Waals surface area contributed by atoms with Crippen LogP contribution >= 0.6 is 0 Å². The predicted molar refractivity (Wildman–Crippen MR) is 142 cm³/mol. The molecule has 0 saturated heterocycles. The van der Waals surface area contributed by atoms with Crippen LogP contribution in [-0.4, -0.2) is 5.78 Å². The van der Waals surface area contributed by atoms with Gasteiger partial charge in [-0.3, -0.25) is 4.79 Å². The van der Waals surface area contributed by atoms with Crippen molar-refractivity contribution in [2.75, 3.05) is 0 Å².